The number of benzene rings is 2. The summed E-state index contributed by atoms with van der Waals surface area (Å²) in [7, 11) is 0. The third-order valence-electron chi connectivity index (χ3n) is 5.26. The van der Waals surface area contributed by atoms with Crippen LogP contribution in [0.4, 0.5) is 13.2 Å². The van der Waals surface area contributed by atoms with Crippen LogP contribution in [0.3, 0.4) is 0 Å². The molecule has 2 aromatic carbocycles. The van der Waals surface area contributed by atoms with E-state index in [1.54, 1.807) is 12.1 Å². The Kier molecular flexibility index (Phi) is 4.74. The second-order valence-corrected chi connectivity index (χ2v) is 9.33. The van der Waals surface area contributed by atoms with Crippen molar-refractivity contribution in [3.63, 3.8) is 0 Å². The fraction of sp³-hybridized carbons (Fsp3) is 0.238. The molecule has 0 radical (unpaired) electrons. The van der Waals surface area contributed by atoms with Crippen molar-refractivity contribution in [2.75, 3.05) is 12.3 Å². The van der Waals surface area contributed by atoms with Crippen LogP contribution in [0.25, 0.3) is 21.1 Å². The number of fused-ring (bicyclic) bond motifs is 4. The molecule has 4 nitrogen and oxygen atoms in total. The molecular formula is C21H16F3N3OS2. The average molecular weight is 448 g/mol. The Labute approximate surface area is 178 Å². The van der Waals surface area contributed by atoms with Crippen molar-refractivity contribution in [1.82, 2.24) is 14.9 Å². The summed E-state index contributed by atoms with van der Waals surface area (Å²) in [4.78, 5) is 21.2. The van der Waals surface area contributed by atoms with Crippen LogP contribution in [0, 0.1) is 0 Å². The molecule has 1 atom stereocenters. The summed E-state index contributed by atoms with van der Waals surface area (Å²) in [6.45, 7) is 0.0399. The van der Waals surface area contributed by atoms with Crippen LogP contribution < -0.4 is 0 Å². The van der Waals surface area contributed by atoms with E-state index >= 15 is 0 Å². The molecule has 1 N–H and O–H groups in total. The van der Waals surface area contributed by atoms with Crippen LogP contribution in [0.15, 0.2) is 52.9 Å². The number of hydrogen-bond acceptors (Lipinski definition) is 4. The van der Waals surface area contributed by atoms with Crippen LogP contribution in [0.1, 0.15) is 17.3 Å². The van der Waals surface area contributed by atoms with Gasteiger partial charge < -0.3 is 9.88 Å². The van der Waals surface area contributed by atoms with Gasteiger partial charge in [0.05, 0.1) is 21.7 Å². The lowest BCUT2D eigenvalue weighted by atomic mass is 9.97. The number of amides is 1. The second kappa shape index (κ2) is 7.31. The summed E-state index contributed by atoms with van der Waals surface area (Å²) in [6.07, 6.45) is -4.17. The van der Waals surface area contributed by atoms with Crippen molar-refractivity contribution >= 4 is 50.1 Å². The van der Waals surface area contributed by atoms with E-state index in [1.807, 2.05) is 36.4 Å². The highest BCUT2D eigenvalue weighted by atomic mass is 32.2. The first kappa shape index (κ1) is 19.4. The number of aromatic amines is 1. The van der Waals surface area contributed by atoms with E-state index in [0.717, 1.165) is 20.5 Å². The fourth-order valence-corrected chi connectivity index (χ4v) is 5.92. The highest BCUT2D eigenvalue weighted by Gasteiger charge is 2.50. The predicted molar refractivity (Wildman–Crippen MR) is 113 cm³/mol. The lowest BCUT2D eigenvalue weighted by Gasteiger charge is -2.36. The molecule has 0 spiro atoms. The summed E-state index contributed by atoms with van der Waals surface area (Å²) in [6, 6.07) is 12.8. The summed E-state index contributed by atoms with van der Waals surface area (Å²) in [5.41, 5.74) is 2.21. The highest BCUT2D eigenvalue weighted by Crippen LogP contribution is 2.44. The highest BCUT2D eigenvalue weighted by molar-refractivity contribution is 8.01. The number of rotatable bonds is 3. The lowest BCUT2D eigenvalue weighted by molar-refractivity contribution is -0.193. The molecule has 2 aromatic heterocycles. The largest absolute Gasteiger partial charge is 0.414 e. The molecule has 0 aliphatic carbocycles. The third kappa shape index (κ3) is 3.35. The minimum Gasteiger partial charge on any atom is -0.356 e. The van der Waals surface area contributed by atoms with Gasteiger partial charge in [-0.05, 0) is 30.2 Å². The molecule has 0 bridgehead atoms. The lowest BCUT2D eigenvalue weighted by Crippen LogP contribution is -2.47. The van der Waals surface area contributed by atoms with Gasteiger partial charge >= 0.3 is 6.18 Å². The normalized spacial score (nSPS) is 16.9. The standard InChI is InChI=1S/C21H16F3N3OS2/c22-21(23,24)19-18-13(12-5-1-2-6-14(12)25-18)9-10-27(19)17(28)11-29-20-26-15-7-3-4-8-16(15)30-20/h1-8,19,25H,9-11H2. The molecule has 0 fully saturated rings. The van der Waals surface area contributed by atoms with Crippen molar-refractivity contribution in [1.29, 1.82) is 0 Å². The van der Waals surface area contributed by atoms with Gasteiger partial charge in [-0.25, -0.2) is 4.98 Å². The molecule has 0 saturated carbocycles. The number of carbonyl (C=O) groups is 1. The third-order valence-corrected chi connectivity index (χ3v) is 7.42. The number of nitrogens with one attached hydrogen (secondary N) is 1. The number of H-pyrrole nitrogens is 1. The molecule has 4 aromatic rings. The molecule has 1 amide bonds. The molecule has 1 aliphatic heterocycles. The van der Waals surface area contributed by atoms with Crippen LogP contribution in [-0.2, 0) is 11.2 Å². The first-order valence-electron chi connectivity index (χ1n) is 9.36. The predicted octanol–water partition coefficient (Wildman–Crippen LogP) is 5.56. The Morgan fingerprint density at radius 1 is 1.20 bits per heavy atom. The molecular weight excluding hydrogens is 431 g/mol. The number of hydrogen-bond donors (Lipinski definition) is 1. The van der Waals surface area contributed by atoms with Gasteiger partial charge in [0.25, 0.3) is 0 Å². The van der Waals surface area contributed by atoms with Gasteiger partial charge in [-0.3, -0.25) is 4.79 Å². The van der Waals surface area contributed by atoms with Crippen LogP contribution >= 0.6 is 23.1 Å². The number of carbonyl (C=O) groups excluding carboxylic acids is 1. The Bertz CT molecular complexity index is 1210. The first-order chi connectivity index (χ1) is 14.4. The van der Waals surface area contributed by atoms with Crippen LogP contribution in [0.2, 0.25) is 0 Å². The van der Waals surface area contributed by atoms with Crippen molar-refractivity contribution in [2.24, 2.45) is 0 Å². The van der Waals surface area contributed by atoms with E-state index in [4.69, 9.17) is 0 Å². The molecule has 5 rings (SSSR count). The molecule has 3 heterocycles. The minimum atomic E-state index is -4.56. The zero-order valence-corrected chi connectivity index (χ0v) is 17.2. The second-order valence-electron chi connectivity index (χ2n) is 7.08. The number of thiazole rings is 1. The van der Waals surface area contributed by atoms with Gasteiger partial charge in [0.15, 0.2) is 10.4 Å². The topological polar surface area (TPSA) is 49.0 Å². The van der Waals surface area contributed by atoms with Crippen LogP contribution in [-0.4, -0.2) is 39.2 Å². The van der Waals surface area contributed by atoms with E-state index in [9.17, 15) is 18.0 Å². The van der Waals surface area contributed by atoms with Crippen molar-refractivity contribution in [2.45, 2.75) is 23.0 Å². The maximum absolute atomic E-state index is 14.0. The minimum absolute atomic E-state index is 0.0399. The maximum atomic E-state index is 14.0. The van der Waals surface area contributed by atoms with E-state index in [1.165, 1.54) is 23.1 Å². The number of halogens is 3. The van der Waals surface area contributed by atoms with Crippen molar-refractivity contribution in [3.05, 3.63) is 59.8 Å². The monoisotopic (exact) mass is 447 g/mol. The smallest absolute Gasteiger partial charge is 0.356 e. The average Bonchev–Trinajstić information content (AvgIpc) is 3.31. The van der Waals surface area contributed by atoms with Gasteiger partial charge in [0.1, 0.15) is 0 Å². The summed E-state index contributed by atoms with van der Waals surface area (Å²) in [5, 5.41) is 0.790. The van der Waals surface area contributed by atoms with Crippen molar-refractivity contribution < 1.29 is 18.0 Å². The SMILES string of the molecule is O=C(CSc1nc2ccccc2s1)N1CCc2c([nH]c3ccccc23)C1C(F)(F)F. The van der Waals surface area contributed by atoms with E-state index in [2.05, 4.69) is 9.97 Å². The molecule has 30 heavy (non-hydrogen) atoms. The number of nitrogens with zero attached hydrogens (tertiary/aromatic N) is 2. The number of thioether (sulfide) groups is 1. The Morgan fingerprint density at radius 3 is 2.77 bits per heavy atom. The van der Waals surface area contributed by atoms with Crippen molar-refractivity contribution in [3.8, 4) is 0 Å². The number of para-hydroxylation sites is 2. The Morgan fingerprint density at radius 2 is 1.97 bits per heavy atom. The van der Waals surface area contributed by atoms with Gasteiger partial charge in [-0.15, -0.1) is 11.3 Å². The van der Waals surface area contributed by atoms with Gasteiger partial charge in [0, 0.05) is 17.4 Å². The first-order valence-corrected chi connectivity index (χ1v) is 11.2. The van der Waals surface area contributed by atoms with E-state index < -0.39 is 18.1 Å². The van der Waals surface area contributed by atoms with Gasteiger partial charge in [-0.1, -0.05) is 42.1 Å². The zero-order chi connectivity index (χ0) is 20.9. The maximum Gasteiger partial charge on any atom is 0.414 e. The molecule has 1 aliphatic rings. The number of aromatic nitrogens is 2. The molecule has 1 unspecified atom stereocenters. The van der Waals surface area contributed by atoms with Gasteiger partial charge in [0.2, 0.25) is 5.91 Å². The fourth-order valence-electron chi connectivity index (χ4n) is 3.97. The number of alkyl halides is 3. The quantitative estimate of drug-likeness (QED) is 0.419. The van der Waals surface area contributed by atoms with Crippen LogP contribution in [0.5, 0.6) is 0 Å². The summed E-state index contributed by atoms with van der Waals surface area (Å²) in [5.74, 6) is -0.618. The molecule has 0 saturated heterocycles. The summed E-state index contributed by atoms with van der Waals surface area (Å²) < 4.78 is 43.8. The zero-order valence-electron chi connectivity index (χ0n) is 15.6. The van der Waals surface area contributed by atoms with E-state index in [0.29, 0.717) is 21.8 Å². The van der Waals surface area contributed by atoms with Gasteiger partial charge in [-0.2, -0.15) is 13.2 Å². The Hall–Kier alpha value is -2.52. The Balaban J connectivity index is 1.41. The summed E-state index contributed by atoms with van der Waals surface area (Å²) >= 11 is 2.62. The molecule has 154 valence electrons. The molecule has 9 heteroatoms. The van der Waals surface area contributed by atoms with E-state index in [-0.39, 0.29) is 18.0 Å².